The number of rotatable bonds is 7. The maximum absolute atomic E-state index is 11.4. The summed E-state index contributed by atoms with van der Waals surface area (Å²) in [5.41, 5.74) is 0. The highest BCUT2D eigenvalue weighted by molar-refractivity contribution is 7.88. The summed E-state index contributed by atoms with van der Waals surface area (Å²) in [5.74, 6) is 0. The van der Waals surface area contributed by atoms with Crippen LogP contribution in [0.4, 0.5) is 0 Å². The van der Waals surface area contributed by atoms with E-state index in [9.17, 15) is 8.42 Å². The molecule has 0 saturated carbocycles. The second-order valence-electron chi connectivity index (χ2n) is 5.19. The Morgan fingerprint density at radius 1 is 1.17 bits per heavy atom. The van der Waals surface area contributed by atoms with Crippen molar-refractivity contribution in [3.8, 4) is 0 Å². The molecule has 1 N–H and O–H groups in total. The average molecular weight is 277 g/mol. The third kappa shape index (κ3) is 5.65. The number of hydrogen-bond acceptors (Lipinski definition) is 4. The van der Waals surface area contributed by atoms with Crippen LogP contribution in [0, 0.1) is 0 Å². The summed E-state index contributed by atoms with van der Waals surface area (Å²) in [6.45, 7) is 6.32. The van der Waals surface area contributed by atoms with Crippen molar-refractivity contribution in [1.82, 2.24) is 14.5 Å². The molecule has 1 unspecified atom stereocenters. The normalized spacial score (nSPS) is 21.1. The second-order valence-corrected chi connectivity index (χ2v) is 7.17. The lowest BCUT2D eigenvalue weighted by atomic mass is 10.1. The molecule has 0 aliphatic carbocycles. The molecule has 0 radical (unpaired) electrons. The van der Waals surface area contributed by atoms with Crippen LogP contribution < -0.4 is 5.32 Å². The summed E-state index contributed by atoms with van der Waals surface area (Å²) in [5, 5.41) is 3.24. The van der Waals surface area contributed by atoms with Crippen LogP contribution in [-0.2, 0) is 10.0 Å². The highest BCUT2D eigenvalue weighted by Gasteiger charge is 2.22. The van der Waals surface area contributed by atoms with Gasteiger partial charge in [0.2, 0.25) is 10.0 Å². The lowest BCUT2D eigenvalue weighted by molar-refractivity contribution is 0.185. The predicted molar refractivity (Wildman–Crippen MR) is 75.2 cm³/mol. The maximum atomic E-state index is 11.4. The molecule has 0 bridgehead atoms. The SMILES string of the molecule is CNC(C)CCCCN1CCN(S(C)(=O)=O)CC1. The van der Waals surface area contributed by atoms with E-state index in [1.807, 2.05) is 7.05 Å². The van der Waals surface area contributed by atoms with Gasteiger partial charge in [0.1, 0.15) is 0 Å². The minimum atomic E-state index is -2.99. The summed E-state index contributed by atoms with van der Waals surface area (Å²) in [7, 11) is -0.996. The molecule has 1 aliphatic heterocycles. The molecule has 1 fully saturated rings. The van der Waals surface area contributed by atoms with Gasteiger partial charge in [-0.2, -0.15) is 4.31 Å². The first-order chi connectivity index (χ1) is 8.43. The Bertz CT molecular complexity index is 324. The summed E-state index contributed by atoms with van der Waals surface area (Å²) in [4.78, 5) is 2.37. The third-order valence-corrected chi connectivity index (χ3v) is 4.96. The van der Waals surface area contributed by atoms with Crippen molar-refractivity contribution in [3.05, 3.63) is 0 Å². The van der Waals surface area contributed by atoms with E-state index in [-0.39, 0.29) is 0 Å². The molecule has 1 heterocycles. The smallest absolute Gasteiger partial charge is 0.211 e. The van der Waals surface area contributed by atoms with Crippen LogP contribution in [0.15, 0.2) is 0 Å². The van der Waals surface area contributed by atoms with Crippen LogP contribution in [0.5, 0.6) is 0 Å². The Morgan fingerprint density at radius 3 is 2.28 bits per heavy atom. The van der Waals surface area contributed by atoms with Crippen LogP contribution in [0.1, 0.15) is 26.2 Å². The van der Waals surface area contributed by atoms with E-state index in [4.69, 9.17) is 0 Å². The Kier molecular flexibility index (Phi) is 6.55. The summed E-state index contributed by atoms with van der Waals surface area (Å²) in [6.07, 6.45) is 4.93. The minimum Gasteiger partial charge on any atom is -0.317 e. The molecule has 0 aromatic heterocycles. The van der Waals surface area contributed by atoms with Crippen LogP contribution in [0.25, 0.3) is 0 Å². The number of hydrogen-bond donors (Lipinski definition) is 1. The Morgan fingerprint density at radius 2 is 1.78 bits per heavy atom. The molecular weight excluding hydrogens is 250 g/mol. The maximum Gasteiger partial charge on any atom is 0.211 e. The first kappa shape index (κ1) is 15.9. The summed E-state index contributed by atoms with van der Waals surface area (Å²) >= 11 is 0. The van der Waals surface area contributed by atoms with E-state index in [1.54, 1.807) is 4.31 Å². The molecule has 18 heavy (non-hydrogen) atoms. The van der Waals surface area contributed by atoms with Crippen LogP contribution in [-0.4, -0.2) is 69.7 Å². The molecule has 1 aliphatic rings. The zero-order valence-corrected chi connectivity index (χ0v) is 12.7. The zero-order valence-electron chi connectivity index (χ0n) is 11.9. The van der Waals surface area contributed by atoms with Crippen molar-refractivity contribution in [2.45, 2.75) is 32.2 Å². The predicted octanol–water partition coefficient (Wildman–Crippen LogP) is 0.342. The van der Waals surface area contributed by atoms with Crippen molar-refractivity contribution < 1.29 is 8.42 Å². The number of nitrogens with zero attached hydrogens (tertiary/aromatic N) is 2. The van der Waals surface area contributed by atoms with Crippen molar-refractivity contribution in [3.63, 3.8) is 0 Å². The molecule has 108 valence electrons. The number of sulfonamides is 1. The van der Waals surface area contributed by atoms with E-state index >= 15 is 0 Å². The van der Waals surface area contributed by atoms with E-state index in [0.29, 0.717) is 19.1 Å². The van der Waals surface area contributed by atoms with Crippen molar-refractivity contribution in [2.24, 2.45) is 0 Å². The molecule has 1 atom stereocenters. The van der Waals surface area contributed by atoms with Gasteiger partial charge in [0.25, 0.3) is 0 Å². The third-order valence-electron chi connectivity index (χ3n) is 3.65. The molecule has 6 heteroatoms. The number of nitrogens with one attached hydrogen (secondary N) is 1. The molecule has 0 aromatic rings. The van der Waals surface area contributed by atoms with Crippen molar-refractivity contribution in [1.29, 1.82) is 0 Å². The van der Waals surface area contributed by atoms with Gasteiger partial charge in [-0.05, 0) is 33.4 Å². The summed E-state index contributed by atoms with van der Waals surface area (Å²) in [6, 6.07) is 0.590. The van der Waals surface area contributed by atoms with Gasteiger partial charge < -0.3 is 10.2 Å². The molecular formula is C12H27N3O2S. The van der Waals surface area contributed by atoms with Gasteiger partial charge in [0.15, 0.2) is 0 Å². The Hall–Kier alpha value is -0.170. The van der Waals surface area contributed by atoms with Gasteiger partial charge >= 0.3 is 0 Å². The van der Waals surface area contributed by atoms with Crippen molar-refractivity contribution >= 4 is 10.0 Å². The lowest BCUT2D eigenvalue weighted by Crippen LogP contribution is -2.48. The highest BCUT2D eigenvalue weighted by atomic mass is 32.2. The molecule has 1 saturated heterocycles. The first-order valence-corrected chi connectivity index (χ1v) is 8.63. The molecule has 0 aromatic carbocycles. The van der Waals surface area contributed by atoms with E-state index in [1.165, 1.54) is 25.5 Å². The average Bonchev–Trinajstić information content (AvgIpc) is 2.33. The van der Waals surface area contributed by atoms with Gasteiger partial charge in [-0.25, -0.2) is 8.42 Å². The van der Waals surface area contributed by atoms with Gasteiger partial charge in [0.05, 0.1) is 6.26 Å². The topological polar surface area (TPSA) is 52.6 Å². The fraction of sp³-hybridized carbons (Fsp3) is 1.00. The second kappa shape index (κ2) is 7.43. The molecule has 0 amide bonds. The van der Waals surface area contributed by atoms with E-state index in [2.05, 4.69) is 17.1 Å². The highest BCUT2D eigenvalue weighted by Crippen LogP contribution is 2.08. The van der Waals surface area contributed by atoms with Crippen LogP contribution >= 0.6 is 0 Å². The molecule has 5 nitrogen and oxygen atoms in total. The van der Waals surface area contributed by atoms with Gasteiger partial charge in [-0.15, -0.1) is 0 Å². The molecule has 0 spiro atoms. The fourth-order valence-corrected chi connectivity index (χ4v) is 3.04. The van der Waals surface area contributed by atoms with E-state index in [0.717, 1.165) is 19.6 Å². The summed E-state index contributed by atoms with van der Waals surface area (Å²) < 4.78 is 24.3. The molecule has 1 rings (SSSR count). The fourth-order valence-electron chi connectivity index (χ4n) is 2.22. The van der Waals surface area contributed by atoms with Crippen LogP contribution in [0.2, 0.25) is 0 Å². The van der Waals surface area contributed by atoms with Gasteiger partial charge in [-0.1, -0.05) is 6.42 Å². The van der Waals surface area contributed by atoms with E-state index < -0.39 is 10.0 Å². The quantitative estimate of drug-likeness (QED) is 0.682. The Labute approximate surface area is 112 Å². The van der Waals surface area contributed by atoms with Crippen molar-refractivity contribution in [2.75, 3.05) is 46.0 Å². The number of unbranched alkanes of at least 4 members (excludes halogenated alkanes) is 1. The minimum absolute atomic E-state index is 0.590. The standard InChI is InChI=1S/C12H27N3O2S/c1-12(13-2)6-4-5-7-14-8-10-15(11-9-14)18(3,16)17/h12-13H,4-11H2,1-3H3. The van der Waals surface area contributed by atoms with Gasteiger partial charge in [0, 0.05) is 32.2 Å². The largest absolute Gasteiger partial charge is 0.317 e. The lowest BCUT2D eigenvalue weighted by Gasteiger charge is -2.33. The first-order valence-electron chi connectivity index (χ1n) is 6.78. The van der Waals surface area contributed by atoms with Crippen LogP contribution in [0.3, 0.4) is 0 Å². The Balaban J connectivity index is 2.13. The zero-order chi connectivity index (χ0) is 13.6. The monoisotopic (exact) mass is 277 g/mol. The van der Waals surface area contributed by atoms with Gasteiger partial charge in [-0.3, -0.25) is 0 Å². The number of piperazine rings is 1.